The molecule has 0 unspecified atom stereocenters. The predicted octanol–water partition coefficient (Wildman–Crippen LogP) is 1.93. The molecule has 1 aromatic rings. The molecule has 1 rings (SSSR count). The molecule has 5 heteroatoms. The molecule has 0 saturated heterocycles. The van der Waals surface area contributed by atoms with Gasteiger partial charge in [0.25, 0.3) is 5.91 Å². The van der Waals surface area contributed by atoms with Crippen LogP contribution in [-0.4, -0.2) is 27.1 Å². The van der Waals surface area contributed by atoms with Gasteiger partial charge in [0.05, 0.1) is 4.90 Å². The fourth-order valence-corrected chi connectivity index (χ4v) is 2.20. The van der Waals surface area contributed by atoms with E-state index >= 15 is 0 Å². The molecule has 0 aliphatic heterocycles. The first kappa shape index (κ1) is 14.7. The predicted molar refractivity (Wildman–Crippen MR) is 71.5 cm³/mol. The number of hydrogen-bond donors (Lipinski definition) is 1. The van der Waals surface area contributed by atoms with E-state index in [1.54, 1.807) is 13.0 Å². The zero-order valence-electron chi connectivity index (χ0n) is 11.0. The van der Waals surface area contributed by atoms with Crippen LogP contribution in [0.1, 0.15) is 35.7 Å². The molecule has 0 saturated carbocycles. The van der Waals surface area contributed by atoms with Crippen LogP contribution in [0.4, 0.5) is 0 Å². The van der Waals surface area contributed by atoms with E-state index in [-0.39, 0.29) is 10.8 Å². The van der Waals surface area contributed by atoms with Crippen LogP contribution in [-0.2, 0) is 9.84 Å². The number of sulfone groups is 1. The second kappa shape index (κ2) is 6.00. The first-order valence-corrected chi connectivity index (χ1v) is 7.84. The van der Waals surface area contributed by atoms with Crippen molar-refractivity contribution in [1.29, 1.82) is 0 Å². The molecule has 0 heterocycles. The SMILES string of the molecule is CCCCNC(=O)c1cc(S(C)(=O)=O)ccc1C. The number of hydrogen-bond acceptors (Lipinski definition) is 3. The quantitative estimate of drug-likeness (QED) is 0.831. The van der Waals surface area contributed by atoms with E-state index in [0.717, 1.165) is 24.7 Å². The van der Waals surface area contributed by atoms with Gasteiger partial charge in [0.1, 0.15) is 0 Å². The van der Waals surface area contributed by atoms with Crippen molar-refractivity contribution in [2.75, 3.05) is 12.8 Å². The zero-order chi connectivity index (χ0) is 13.8. The molecular formula is C13H19NO3S. The minimum absolute atomic E-state index is 0.175. The fourth-order valence-electron chi connectivity index (χ4n) is 1.55. The monoisotopic (exact) mass is 269 g/mol. The van der Waals surface area contributed by atoms with Gasteiger partial charge in [0.15, 0.2) is 9.84 Å². The van der Waals surface area contributed by atoms with Crippen LogP contribution < -0.4 is 5.32 Å². The zero-order valence-corrected chi connectivity index (χ0v) is 11.8. The van der Waals surface area contributed by atoms with Gasteiger partial charge in [-0.15, -0.1) is 0 Å². The summed E-state index contributed by atoms with van der Waals surface area (Å²) >= 11 is 0. The number of carbonyl (C=O) groups excluding carboxylic acids is 1. The van der Waals surface area contributed by atoms with Crippen LogP contribution in [0.2, 0.25) is 0 Å². The molecule has 0 bridgehead atoms. The van der Waals surface area contributed by atoms with Crippen molar-refractivity contribution < 1.29 is 13.2 Å². The topological polar surface area (TPSA) is 63.2 Å². The number of unbranched alkanes of at least 4 members (excludes halogenated alkanes) is 1. The second-order valence-electron chi connectivity index (χ2n) is 4.36. The molecule has 1 amide bonds. The molecule has 0 spiro atoms. The summed E-state index contributed by atoms with van der Waals surface area (Å²) in [7, 11) is -3.28. The van der Waals surface area contributed by atoms with Gasteiger partial charge < -0.3 is 5.32 Å². The van der Waals surface area contributed by atoms with E-state index in [4.69, 9.17) is 0 Å². The molecule has 100 valence electrons. The Balaban J connectivity index is 2.97. The molecule has 0 aliphatic carbocycles. The Labute approximate surface area is 108 Å². The molecule has 1 N–H and O–H groups in total. The Morgan fingerprint density at radius 2 is 2.00 bits per heavy atom. The van der Waals surface area contributed by atoms with E-state index in [1.807, 2.05) is 6.92 Å². The lowest BCUT2D eigenvalue weighted by Gasteiger charge is -2.08. The maximum atomic E-state index is 11.9. The third-order valence-electron chi connectivity index (χ3n) is 2.70. The summed E-state index contributed by atoms with van der Waals surface area (Å²) in [6, 6.07) is 4.62. The van der Waals surface area contributed by atoms with Crippen molar-refractivity contribution in [3.05, 3.63) is 29.3 Å². The second-order valence-corrected chi connectivity index (χ2v) is 6.37. The first-order valence-electron chi connectivity index (χ1n) is 5.95. The first-order chi connectivity index (χ1) is 8.36. The lowest BCUT2D eigenvalue weighted by atomic mass is 10.1. The van der Waals surface area contributed by atoms with Crippen molar-refractivity contribution in [3.8, 4) is 0 Å². The van der Waals surface area contributed by atoms with Crippen LogP contribution in [0.25, 0.3) is 0 Å². The number of nitrogens with one attached hydrogen (secondary N) is 1. The minimum Gasteiger partial charge on any atom is -0.352 e. The van der Waals surface area contributed by atoms with E-state index in [9.17, 15) is 13.2 Å². The Hall–Kier alpha value is -1.36. The number of carbonyl (C=O) groups is 1. The van der Waals surface area contributed by atoms with Gasteiger partial charge in [-0.2, -0.15) is 0 Å². The maximum absolute atomic E-state index is 11.9. The van der Waals surface area contributed by atoms with Crippen LogP contribution in [0.15, 0.2) is 23.1 Å². The van der Waals surface area contributed by atoms with Gasteiger partial charge in [-0.3, -0.25) is 4.79 Å². The van der Waals surface area contributed by atoms with Crippen molar-refractivity contribution in [2.24, 2.45) is 0 Å². The highest BCUT2D eigenvalue weighted by Crippen LogP contribution is 2.15. The number of benzene rings is 1. The van der Waals surface area contributed by atoms with Crippen LogP contribution in [0.5, 0.6) is 0 Å². The molecule has 0 aliphatic rings. The van der Waals surface area contributed by atoms with Gasteiger partial charge in [0, 0.05) is 18.4 Å². The molecule has 0 aromatic heterocycles. The Morgan fingerprint density at radius 1 is 1.33 bits per heavy atom. The smallest absolute Gasteiger partial charge is 0.251 e. The summed E-state index contributed by atoms with van der Waals surface area (Å²) in [5, 5.41) is 2.79. The van der Waals surface area contributed by atoms with Crippen molar-refractivity contribution in [1.82, 2.24) is 5.32 Å². The Kier molecular flexibility index (Phi) is 4.90. The molecule has 0 atom stereocenters. The van der Waals surface area contributed by atoms with Crippen LogP contribution in [0.3, 0.4) is 0 Å². The standard InChI is InChI=1S/C13H19NO3S/c1-4-5-8-14-13(15)12-9-11(18(3,16)17)7-6-10(12)2/h6-7,9H,4-5,8H2,1-3H3,(H,14,15). The molecule has 4 nitrogen and oxygen atoms in total. The summed E-state index contributed by atoms with van der Waals surface area (Å²) in [6.45, 7) is 4.44. The summed E-state index contributed by atoms with van der Waals surface area (Å²) in [6.07, 6.45) is 3.05. The Morgan fingerprint density at radius 3 is 2.56 bits per heavy atom. The van der Waals surface area contributed by atoms with E-state index in [1.165, 1.54) is 12.1 Å². The number of rotatable bonds is 5. The largest absolute Gasteiger partial charge is 0.352 e. The van der Waals surface area contributed by atoms with Gasteiger partial charge >= 0.3 is 0 Å². The summed E-state index contributed by atoms with van der Waals surface area (Å²) in [4.78, 5) is 12.1. The van der Waals surface area contributed by atoms with Gasteiger partial charge in [0.2, 0.25) is 0 Å². The van der Waals surface area contributed by atoms with E-state index in [0.29, 0.717) is 12.1 Å². The molecule has 1 aromatic carbocycles. The Bertz CT molecular complexity index is 535. The third-order valence-corrected chi connectivity index (χ3v) is 3.81. The molecule has 0 fully saturated rings. The highest BCUT2D eigenvalue weighted by atomic mass is 32.2. The molecular weight excluding hydrogens is 250 g/mol. The minimum atomic E-state index is -3.28. The average molecular weight is 269 g/mol. The fraction of sp³-hybridized carbons (Fsp3) is 0.462. The normalized spacial score (nSPS) is 11.3. The van der Waals surface area contributed by atoms with E-state index < -0.39 is 9.84 Å². The summed E-state index contributed by atoms with van der Waals surface area (Å²) < 4.78 is 22.9. The lowest BCUT2D eigenvalue weighted by Crippen LogP contribution is -2.25. The number of aryl methyl sites for hydroxylation is 1. The highest BCUT2D eigenvalue weighted by molar-refractivity contribution is 7.90. The maximum Gasteiger partial charge on any atom is 0.251 e. The summed E-state index contributed by atoms with van der Waals surface area (Å²) in [5.41, 5.74) is 1.20. The average Bonchev–Trinajstić information content (AvgIpc) is 2.28. The van der Waals surface area contributed by atoms with Crippen molar-refractivity contribution in [3.63, 3.8) is 0 Å². The lowest BCUT2D eigenvalue weighted by molar-refractivity contribution is 0.0952. The molecule has 18 heavy (non-hydrogen) atoms. The van der Waals surface area contributed by atoms with Gasteiger partial charge in [-0.25, -0.2) is 8.42 Å². The number of amides is 1. The third kappa shape index (κ3) is 3.84. The van der Waals surface area contributed by atoms with Gasteiger partial charge in [-0.1, -0.05) is 19.4 Å². The van der Waals surface area contributed by atoms with Crippen LogP contribution >= 0.6 is 0 Å². The van der Waals surface area contributed by atoms with Crippen molar-refractivity contribution in [2.45, 2.75) is 31.6 Å². The highest BCUT2D eigenvalue weighted by Gasteiger charge is 2.13. The van der Waals surface area contributed by atoms with Gasteiger partial charge in [-0.05, 0) is 31.0 Å². The molecule has 0 radical (unpaired) electrons. The van der Waals surface area contributed by atoms with Crippen molar-refractivity contribution >= 4 is 15.7 Å². The van der Waals surface area contributed by atoms with Crippen LogP contribution in [0, 0.1) is 6.92 Å². The van der Waals surface area contributed by atoms with E-state index in [2.05, 4.69) is 5.32 Å². The summed E-state index contributed by atoms with van der Waals surface area (Å²) in [5.74, 6) is -0.216.